The molecular weight excluding hydrogens is 248 g/mol. The van der Waals surface area contributed by atoms with E-state index in [9.17, 15) is 19.5 Å². The molecule has 2 amide bonds. The number of carboxylic acid groups (broad SMARTS) is 1. The Kier molecular flexibility index (Phi) is 4.55. The highest BCUT2D eigenvalue weighted by Gasteiger charge is 2.40. The smallest absolute Gasteiger partial charge is 0.310 e. The Morgan fingerprint density at radius 1 is 1.53 bits per heavy atom. The molecule has 0 saturated carbocycles. The van der Waals surface area contributed by atoms with E-state index in [1.165, 1.54) is 0 Å². The third-order valence-electron chi connectivity index (χ3n) is 4.05. The van der Waals surface area contributed by atoms with E-state index in [2.05, 4.69) is 5.32 Å². The summed E-state index contributed by atoms with van der Waals surface area (Å²) in [5.74, 6) is -1.66. The summed E-state index contributed by atoms with van der Waals surface area (Å²) in [5.41, 5.74) is -1.11. The van der Waals surface area contributed by atoms with E-state index in [-0.39, 0.29) is 24.2 Å². The molecule has 0 aromatic heterocycles. The van der Waals surface area contributed by atoms with Crippen molar-refractivity contribution < 1.29 is 19.5 Å². The van der Waals surface area contributed by atoms with Crippen molar-refractivity contribution >= 4 is 17.8 Å². The molecular formula is C13H22N2O4. The van der Waals surface area contributed by atoms with E-state index in [0.29, 0.717) is 13.0 Å². The number of likely N-dealkylation sites (tertiary alicyclic amines) is 1. The molecule has 0 aromatic rings. The summed E-state index contributed by atoms with van der Waals surface area (Å²) < 4.78 is 0. The van der Waals surface area contributed by atoms with Crippen LogP contribution in [0.4, 0.5) is 0 Å². The highest BCUT2D eigenvalue weighted by Crippen LogP contribution is 2.31. The lowest BCUT2D eigenvalue weighted by Gasteiger charge is -2.28. The van der Waals surface area contributed by atoms with Crippen LogP contribution in [0, 0.1) is 11.3 Å². The second-order valence-electron chi connectivity index (χ2n) is 5.72. The quantitative estimate of drug-likeness (QED) is 0.760. The summed E-state index contributed by atoms with van der Waals surface area (Å²) >= 11 is 0. The maximum absolute atomic E-state index is 11.9. The molecule has 108 valence electrons. The van der Waals surface area contributed by atoms with Gasteiger partial charge in [-0.1, -0.05) is 13.8 Å². The Hall–Kier alpha value is -1.59. The SMILES string of the molecule is CC(C)C(C)(CC(=O)NC1CCN(C)C1=O)C(=O)O. The van der Waals surface area contributed by atoms with E-state index in [1.807, 2.05) is 0 Å². The number of aliphatic carboxylic acids is 1. The number of carboxylic acids is 1. The lowest BCUT2D eigenvalue weighted by atomic mass is 9.76. The van der Waals surface area contributed by atoms with Gasteiger partial charge in [-0.15, -0.1) is 0 Å². The van der Waals surface area contributed by atoms with Crippen molar-refractivity contribution in [2.75, 3.05) is 13.6 Å². The molecule has 1 heterocycles. The average molecular weight is 270 g/mol. The van der Waals surface area contributed by atoms with E-state index >= 15 is 0 Å². The predicted octanol–water partition coefficient (Wildman–Crippen LogP) is 0.470. The summed E-state index contributed by atoms with van der Waals surface area (Å²) in [4.78, 5) is 36.5. The minimum Gasteiger partial charge on any atom is -0.481 e. The van der Waals surface area contributed by atoms with Crippen LogP contribution in [0.3, 0.4) is 0 Å². The third kappa shape index (κ3) is 3.24. The Morgan fingerprint density at radius 3 is 2.47 bits per heavy atom. The lowest BCUT2D eigenvalue weighted by Crippen LogP contribution is -2.44. The van der Waals surface area contributed by atoms with Crippen molar-refractivity contribution in [3.8, 4) is 0 Å². The zero-order chi connectivity index (χ0) is 14.8. The highest BCUT2D eigenvalue weighted by atomic mass is 16.4. The maximum atomic E-state index is 11.9. The Labute approximate surface area is 113 Å². The number of carbonyl (C=O) groups is 3. The summed E-state index contributed by atoms with van der Waals surface area (Å²) in [6.07, 6.45) is 0.458. The second-order valence-corrected chi connectivity index (χ2v) is 5.72. The fourth-order valence-corrected chi connectivity index (χ4v) is 2.06. The molecule has 0 bridgehead atoms. The molecule has 2 unspecified atom stereocenters. The fourth-order valence-electron chi connectivity index (χ4n) is 2.06. The van der Waals surface area contributed by atoms with Crippen LogP contribution in [-0.2, 0) is 14.4 Å². The van der Waals surface area contributed by atoms with Gasteiger partial charge in [-0.3, -0.25) is 14.4 Å². The topological polar surface area (TPSA) is 86.7 Å². The summed E-state index contributed by atoms with van der Waals surface area (Å²) in [5, 5.41) is 11.9. The van der Waals surface area contributed by atoms with Crippen LogP contribution in [0.5, 0.6) is 0 Å². The Morgan fingerprint density at radius 2 is 2.11 bits per heavy atom. The molecule has 1 rings (SSSR count). The molecule has 1 aliphatic rings. The maximum Gasteiger partial charge on any atom is 0.310 e. The summed E-state index contributed by atoms with van der Waals surface area (Å²) in [6.45, 7) is 5.72. The molecule has 0 radical (unpaired) electrons. The largest absolute Gasteiger partial charge is 0.481 e. The number of hydrogen-bond donors (Lipinski definition) is 2. The first kappa shape index (κ1) is 15.5. The van der Waals surface area contributed by atoms with Crippen molar-refractivity contribution in [2.24, 2.45) is 11.3 Å². The number of nitrogens with zero attached hydrogens (tertiary/aromatic N) is 1. The minimum atomic E-state index is -1.11. The molecule has 0 spiro atoms. The van der Waals surface area contributed by atoms with Gasteiger partial charge in [-0.05, 0) is 19.3 Å². The molecule has 2 N–H and O–H groups in total. The molecule has 0 aliphatic carbocycles. The van der Waals surface area contributed by atoms with Crippen molar-refractivity contribution in [2.45, 2.75) is 39.7 Å². The zero-order valence-electron chi connectivity index (χ0n) is 11.9. The Bertz CT molecular complexity index is 394. The summed E-state index contributed by atoms with van der Waals surface area (Å²) in [6, 6.07) is -0.511. The van der Waals surface area contributed by atoms with Crippen LogP contribution in [0.25, 0.3) is 0 Å². The van der Waals surface area contributed by atoms with Gasteiger partial charge in [-0.2, -0.15) is 0 Å². The van der Waals surface area contributed by atoms with Crippen LogP contribution < -0.4 is 5.32 Å². The number of hydrogen-bond acceptors (Lipinski definition) is 3. The normalized spacial score (nSPS) is 22.5. The van der Waals surface area contributed by atoms with E-state index in [1.54, 1.807) is 32.7 Å². The molecule has 19 heavy (non-hydrogen) atoms. The van der Waals surface area contributed by atoms with Crippen molar-refractivity contribution in [1.82, 2.24) is 10.2 Å². The third-order valence-corrected chi connectivity index (χ3v) is 4.05. The molecule has 1 saturated heterocycles. The van der Waals surface area contributed by atoms with E-state index < -0.39 is 17.4 Å². The van der Waals surface area contributed by atoms with Gasteiger partial charge >= 0.3 is 5.97 Å². The molecule has 2 atom stereocenters. The van der Waals surface area contributed by atoms with Crippen molar-refractivity contribution in [3.05, 3.63) is 0 Å². The number of likely N-dealkylation sites (N-methyl/N-ethyl adjacent to an activating group) is 1. The summed E-state index contributed by atoms with van der Waals surface area (Å²) in [7, 11) is 1.68. The molecule has 1 aliphatic heterocycles. The second kappa shape index (κ2) is 5.59. The van der Waals surface area contributed by atoms with Gasteiger partial charge in [0.1, 0.15) is 6.04 Å². The predicted molar refractivity (Wildman–Crippen MR) is 69.4 cm³/mol. The van der Waals surface area contributed by atoms with Gasteiger partial charge in [-0.25, -0.2) is 0 Å². The highest BCUT2D eigenvalue weighted by molar-refractivity contribution is 5.91. The Balaban J connectivity index is 2.65. The zero-order valence-corrected chi connectivity index (χ0v) is 11.9. The van der Waals surface area contributed by atoms with Crippen LogP contribution in [0.2, 0.25) is 0 Å². The number of rotatable bonds is 5. The monoisotopic (exact) mass is 270 g/mol. The number of amides is 2. The van der Waals surface area contributed by atoms with Crippen LogP contribution in [0.15, 0.2) is 0 Å². The van der Waals surface area contributed by atoms with Crippen LogP contribution in [0.1, 0.15) is 33.6 Å². The van der Waals surface area contributed by atoms with Gasteiger partial charge < -0.3 is 15.3 Å². The van der Waals surface area contributed by atoms with Gasteiger partial charge in [0, 0.05) is 20.0 Å². The van der Waals surface area contributed by atoms with Crippen LogP contribution >= 0.6 is 0 Å². The molecule has 0 aromatic carbocycles. The van der Waals surface area contributed by atoms with Gasteiger partial charge in [0.15, 0.2) is 0 Å². The van der Waals surface area contributed by atoms with Gasteiger partial charge in [0.05, 0.1) is 5.41 Å². The number of carbonyl (C=O) groups excluding carboxylic acids is 2. The first-order valence-corrected chi connectivity index (χ1v) is 6.46. The standard InChI is InChI=1S/C13H22N2O4/c1-8(2)13(3,12(18)19)7-10(16)14-9-5-6-15(4)11(9)17/h8-9H,5-7H2,1-4H3,(H,14,16)(H,18,19). The van der Waals surface area contributed by atoms with Crippen molar-refractivity contribution in [3.63, 3.8) is 0 Å². The average Bonchev–Trinajstić information content (AvgIpc) is 2.60. The number of nitrogens with one attached hydrogen (secondary N) is 1. The first-order valence-electron chi connectivity index (χ1n) is 6.46. The fraction of sp³-hybridized carbons (Fsp3) is 0.769. The van der Waals surface area contributed by atoms with Gasteiger partial charge in [0.25, 0.3) is 0 Å². The van der Waals surface area contributed by atoms with Crippen molar-refractivity contribution in [1.29, 1.82) is 0 Å². The van der Waals surface area contributed by atoms with E-state index in [0.717, 1.165) is 0 Å². The molecule has 1 fully saturated rings. The molecule has 6 heteroatoms. The minimum absolute atomic E-state index is 0.116. The van der Waals surface area contributed by atoms with Crippen LogP contribution in [-0.4, -0.2) is 47.4 Å². The lowest BCUT2D eigenvalue weighted by molar-refractivity contribution is -0.153. The first-order chi connectivity index (χ1) is 8.68. The van der Waals surface area contributed by atoms with Gasteiger partial charge in [0.2, 0.25) is 11.8 Å². The molecule has 6 nitrogen and oxygen atoms in total. The van der Waals surface area contributed by atoms with E-state index in [4.69, 9.17) is 0 Å².